The van der Waals surface area contributed by atoms with Crippen molar-refractivity contribution in [3.8, 4) is 0 Å². The summed E-state index contributed by atoms with van der Waals surface area (Å²) >= 11 is 0. The molecule has 2 fully saturated rings. The van der Waals surface area contributed by atoms with Gasteiger partial charge in [0.2, 0.25) is 10.0 Å². The number of benzene rings is 1. The summed E-state index contributed by atoms with van der Waals surface area (Å²) in [5.41, 5.74) is 1.13. The first-order valence-electron chi connectivity index (χ1n) is 9.81. The second-order valence-electron chi connectivity index (χ2n) is 7.79. The minimum atomic E-state index is -3.54. The Kier molecular flexibility index (Phi) is 6.03. The van der Waals surface area contributed by atoms with Gasteiger partial charge in [0.15, 0.2) is 0 Å². The summed E-state index contributed by atoms with van der Waals surface area (Å²) in [6.07, 6.45) is 7.36. The molecular weight excluding hydrogens is 348 g/mol. The second kappa shape index (κ2) is 8.09. The molecule has 0 spiro atoms. The zero-order valence-corrected chi connectivity index (χ0v) is 16.6. The molecule has 1 N–H and O–H groups in total. The van der Waals surface area contributed by atoms with E-state index in [4.69, 9.17) is 0 Å². The Bertz CT molecular complexity index is 754. The van der Waals surface area contributed by atoms with Gasteiger partial charge in [-0.05, 0) is 56.2 Å². The molecule has 3 rings (SSSR count). The van der Waals surface area contributed by atoms with Gasteiger partial charge in [0, 0.05) is 24.7 Å². The quantitative estimate of drug-likeness (QED) is 0.872. The van der Waals surface area contributed by atoms with Crippen molar-refractivity contribution < 1.29 is 13.2 Å². The highest BCUT2D eigenvalue weighted by Gasteiger charge is 2.29. The van der Waals surface area contributed by atoms with E-state index in [-0.39, 0.29) is 16.8 Å². The number of hydrogen-bond donors (Lipinski definition) is 1. The fourth-order valence-electron chi connectivity index (χ4n) is 4.05. The molecule has 144 valence electrons. The van der Waals surface area contributed by atoms with Crippen molar-refractivity contribution in [2.45, 2.75) is 69.7 Å². The Labute approximate surface area is 157 Å². The van der Waals surface area contributed by atoms with E-state index in [0.717, 1.165) is 38.5 Å². The summed E-state index contributed by atoms with van der Waals surface area (Å²) in [6.45, 7) is 5.10. The summed E-state index contributed by atoms with van der Waals surface area (Å²) in [5.74, 6) is 0.300. The van der Waals surface area contributed by atoms with Crippen LogP contribution in [0.4, 0.5) is 0 Å². The first-order valence-corrected chi connectivity index (χ1v) is 11.3. The number of rotatable bonds is 4. The van der Waals surface area contributed by atoms with Gasteiger partial charge in [0.25, 0.3) is 5.91 Å². The Hall–Kier alpha value is -1.40. The van der Waals surface area contributed by atoms with Gasteiger partial charge in [-0.3, -0.25) is 4.79 Å². The molecule has 2 atom stereocenters. The molecule has 1 aromatic carbocycles. The largest absolute Gasteiger partial charge is 0.349 e. The fourth-order valence-corrected chi connectivity index (χ4v) is 5.81. The number of carbonyl (C=O) groups excluding carboxylic acids is 1. The molecular formula is C20H30N2O3S. The van der Waals surface area contributed by atoms with Crippen molar-refractivity contribution in [3.63, 3.8) is 0 Å². The molecule has 0 radical (unpaired) electrons. The third kappa shape index (κ3) is 4.12. The van der Waals surface area contributed by atoms with Crippen LogP contribution in [0.1, 0.15) is 67.8 Å². The molecule has 6 heteroatoms. The van der Waals surface area contributed by atoms with Gasteiger partial charge in [-0.1, -0.05) is 32.3 Å². The maximum atomic E-state index is 13.0. The average molecular weight is 379 g/mol. The van der Waals surface area contributed by atoms with Crippen LogP contribution < -0.4 is 5.32 Å². The van der Waals surface area contributed by atoms with E-state index in [2.05, 4.69) is 12.2 Å². The molecule has 2 aliphatic rings. The van der Waals surface area contributed by atoms with Crippen LogP contribution in [0.3, 0.4) is 0 Å². The molecule has 0 unspecified atom stereocenters. The summed E-state index contributed by atoms with van der Waals surface area (Å²) in [6, 6.07) is 5.21. The van der Waals surface area contributed by atoms with Crippen molar-refractivity contribution in [3.05, 3.63) is 29.3 Å². The lowest BCUT2D eigenvalue weighted by molar-refractivity contribution is 0.0910. The Morgan fingerprint density at radius 3 is 2.46 bits per heavy atom. The summed E-state index contributed by atoms with van der Waals surface area (Å²) in [5, 5.41) is 3.12. The Morgan fingerprint density at radius 2 is 1.77 bits per heavy atom. The van der Waals surface area contributed by atoms with Crippen LogP contribution in [0.2, 0.25) is 0 Å². The van der Waals surface area contributed by atoms with Gasteiger partial charge in [-0.25, -0.2) is 8.42 Å². The van der Waals surface area contributed by atoms with Crippen molar-refractivity contribution in [2.75, 3.05) is 13.1 Å². The zero-order valence-electron chi connectivity index (χ0n) is 15.8. The molecule has 1 saturated heterocycles. The number of nitrogens with one attached hydrogen (secondary N) is 1. The lowest BCUT2D eigenvalue weighted by atomic mass is 9.86. The first-order chi connectivity index (χ1) is 12.4. The van der Waals surface area contributed by atoms with Crippen LogP contribution in [0.15, 0.2) is 23.1 Å². The zero-order chi connectivity index (χ0) is 18.7. The fraction of sp³-hybridized carbons (Fsp3) is 0.650. The van der Waals surface area contributed by atoms with Crippen molar-refractivity contribution in [2.24, 2.45) is 5.92 Å². The highest BCUT2D eigenvalue weighted by Crippen LogP contribution is 2.26. The van der Waals surface area contributed by atoms with Gasteiger partial charge in [-0.2, -0.15) is 4.31 Å². The monoisotopic (exact) mass is 378 g/mol. The number of amides is 1. The molecule has 1 aliphatic heterocycles. The molecule has 1 heterocycles. The number of nitrogens with zero attached hydrogens (tertiary/aromatic N) is 1. The molecule has 5 nitrogen and oxygen atoms in total. The van der Waals surface area contributed by atoms with Gasteiger partial charge in [0.05, 0.1) is 4.90 Å². The number of hydrogen-bond acceptors (Lipinski definition) is 3. The average Bonchev–Trinajstić information content (AvgIpc) is 2.64. The lowest BCUT2D eigenvalue weighted by Gasteiger charge is -2.29. The highest BCUT2D eigenvalue weighted by atomic mass is 32.2. The molecule has 26 heavy (non-hydrogen) atoms. The predicted molar refractivity (Wildman–Crippen MR) is 103 cm³/mol. The van der Waals surface area contributed by atoms with E-state index in [0.29, 0.717) is 30.1 Å². The number of sulfonamides is 1. The van der Waals surface area contributed by atoms with E-state index >= 15 is 0 Å². The Balaban J connectivity index is 1.81. The lowest BCUT2D eigenvalue weighted by Crippen LogP contribution is -2.41. The number of aryl methyl sites for hydroxylation is 1. The van der Waals surface area contributed by atoms with Crippen LogP contribution in [0.25, 0.3) is 0 Å². The summed E-state index contributed by atoms with van der Waals surface area (Å²) in [4.78, 5) is 13.0. The molecule has 0 bridgehead atoms. The van der Waals surface area contributed by atoms with Crippen molar-refractivity contribution >= 4 is 15.9 Å². The van der Waals surface area contributed by atoms with E-state index in [9.17, 15) is 13.2 Å². The molecule has 1 aliphatic carbocycles. The molecule has 1 aromatic rings. The van der Waals surface area contributed by atoms with Crippen LogP contribution in [0, 0.1) is 12.8 Å². The Morgan fingerprint density at radius 1 is 1.08 bits per heavy atom. The second-order valence-corrected chi connectivity index (χ2v) is 9.69. The third-order valence-electron chi connectivity index (χ3n) is 5.81. The topological polar surface area (TPSA) is 66.5 Å². The third-order valence-corrected chi connectivity index (χ3v) is 7.85. The minimum absolute atomic E-state index is 0.168. The van der Waals surface area contributed by atoms with Crippen LogP contribution in [0.5, 0.6) is 0 Å². The first kappa shape index (κ1) is 19.4. The van der Waals surface area contributed by atoms with Gasteiger partial charge >= 0.3 is 0 Å². The maximum absolute atomic E-state index is 13.0. The SMILES string of the molecule is Cc1ccc(C(=O)N[C@@H]2CCCC[C@H]2C)cc1S(=O)(=O)N1CCCCC1. The van der Waals surface area contributed by atoms with Crippen LogP contribution in [-0.4, -0.2) is 37.8 Å². The van der Waals surface area contributed by atoms with Gasteiger partial charge in [0.1, 0.15) is 0 Å². The molecule has 0 aromatic heterocycles. The van der Waals surface area contributed by atoms with E-state index in [1.54, 1.807) is 29.4 Å². The van der Waals surface area contributed by atoms with Crippen LogP contribution >= 0.6 is 0 Å². The van der Waals surface area contributed by atoms with E-state index in [1.807, 2.05) is 0 Å². The van der Waals surface area contributed by atoms with Gasteiger partial charge < -0.3 is 5.32 Å². The highest BCUT2D eigenvalue weighted by molar-refractivity contribution is 7.89. The number of carbonyl (C=O) groups is 1. The smallest absolute Gasteiger partial charge is 0.251 e. The van der Waals surface area contributed by atoms with E-state index < -0.39 is 10.0 Å². The summed E-state index contributed by atoms with van der Waals surface area (Å²) in [7, 11) is -3.54. The normalized spacial score (nSPS) is 25.0. The van der Waals surface area contributed by atoms with Crippen molar-refractivity contribution in [1.29, 1.82) is 0 Å². The minimum Gasteiger partial charge on any atom is -0.349 e. The maximum Gasteiger partial charge on any atom is 0.251 e. The standard InChI is InChI=1S/C20H30N2O3S/c1-15-8-4-5-9-18(15)21-20(23)17-11-10-16(2)19(14-17)26(24,25)22-12-6-3-7-13-22/h10-11,14-15,18H,3-9,12-13H2,1-2H3,(H,21,23)/t15-,18-/m1/s1. The molecule has 1 saturated carbocycles. The predicted octanol–water partition coefficient (Wildman–Crippen LogP) is 3.48. The summed E-state index contributed by atoms with van der Waals surface area (Å²) < 4.78 is 27.6. The van der Waals surface area contributed by atoms with Crippen LogP contribution in [-0.2, 0) is 10.0 Å². The van der Waals surface area contributed by atoms with E-state index in [1.165, 1.54) is 6.42 Å². The molecule has 1 amide bonds. The van der Waals surface area contributed by atoms with Gasteiger partial charge in [-0.15, -0.1) is 0 Å². The number of piperidine rings is 1. The van der Waals surface area contributed by atoms with Crippen molar-refractivity contribution in [1.82, 2.24) is 9.62 Å².